The van der Waals surface area contributed by atoms with E-state index in [0.29, 0.717) is 0 Å². The van der Waals surface area contributed by atoms with Crippen LogP contribution in [0.5, 0.6) is 0 Å². The SMILES string of the molecule is C=CC(=O)OCC(C)(COC(=O)C=C)NC(=O)OC(OC(=O)NC(C)(COC(=O)C=C)COC(=O)C=C)C(F)(F)F. The Balaban J connectivity index is 5.70. The molecule has 0 atom stereocenters. The first-order valence-electron chi connectivity index (χ1n) is 11.1. The van der Waals surface area contributed by atoms with Crippen LogP contribution in [0.3, 0.4) is 0 Å². The normalized spacial score (nSPS) is 11.2. The molecule has 0 rings (SSSR count). The van der Waals surface area contributed by atoms with E-state index >= 15 is 0 Å². The van der Waals surface area contributed by atoms with Gasteiger partial charge in [0.1, 0.15) is 37.5 Å². The van der Waals surface area contributed by atoms with Crippen LogP contribution in [0.25, 0.3) is 0 Å². The highest BCUT2D eigenvalue weighted by Gasteiger charge is 2.48. The fourth-order valence-electron chi connectivity index (χ4n) is 2.29. The number of hydrogen-bond donors (Lipinski definition) is 2. The molecule has 0 aromatic heterocycles. The van der Waals surface area contributed by atoms with Gasteiger partial charge < -0.3 is 39.1 Å². The Morgan fingerprint density at radius 1 is 0.610 bits per heavy atom. The van der Waals surface area contributed by atoms with Crippen LogP contribution in [-0.4, -0.2) is 86.0 Å². The lowest BCUT2D eigenvalue weighted by atomic mass is 10.1. The van der Waals surface area contributed by atoms with Crippen LogP contribution in [0.15, 0.2) is 50.6 Å². The maximum Gasteiger partial charge on any atom is 0.465 e. The number of alkyl halides is 3. The van der Waals surface area contributed by atoms with Gasteiger partial charge in [-0.25, -0.2) is 28.8 Å². The van der Waals surface area contributed by atoms with Crippen LogP contribution in [-0.2, 0) is 47.6 Å². The van der Waals surface area contributed by atoms with E-state index in [4.69, 9.17) is 18.9 Å². The molecule has 0 spiro atoms. The van der Waals surface area contributed by atoms with Crippen LogP contribution in [0.4, 0.5) is 22.8 Å². The Morgan fingerprint density at radius 2 is 0.854 bits per heavy atom. The third kappa shape index (κ3) is 14.8. The second-order valence-corrected chi connectivity index (χ2v) is 8.30. The predicted molar refractivity (Wildman–Crippen MR) is 131 cm³/mol. The first kappa shape index (κ1) is 36.2. The van der Waals surface area contributed by atoms with Crippen molar-refractivity contribution in [2.45, 2.75) is 37.4 Å². The van der Waals surface area contributed by atoms with E-state index in [2.05, 4.69) is 35.8 Å². The number of carbonyl (C=O) groups is 6. The van der Waals surface area contributed by atoms with E-state index in [1.54, 1.807) is 0 Å². The molecule has 2 amide bonds. The van der Waals surface area contributed by atoms with E-state index in [1.165, 1.54) is 0 Å². The molecule has 0 saturated carbocycles. The van der Waals surface area contributed by atoms with Crippen molar-refractivity contribution in [3.8, 4) is 0 Å². The molecule has 0 aliphatic heterocycles. The number of alkyl carbamates (subject to hydrolysis) is 2. The van der Waals surface area contributed by atoms with Gasteiger partial charge in [0.25, 0.3) is 0 Å². The van der Waals surface area contributed by atoms with Crippen LogP contribution in [0.1, 0.15) is 13.8 Å². The van der Waals surface area contributed by atoms with Crippen molar-refractivity contribution < 1.29 is 70.4 Å². The zero-order valence-corrected chi connectivity index (χ0v) is 22.1. The van der Waals surface area contributed by atoms with Gasteiger partial charge in [-0.3, -0.25) is 0 Å². The molecule has 228 valence electrons. The molecule has 0 saturated heterocycles. The second-order valence-electron chi connectivity index (χ2n) is 8.30. The molecule has 2 N–H and O–H groups in total. The number of nitrogens with one attached hydrogen (secondary N) is 2. The van der Waals surface area contributed by atoms with E-state index in [1.807, 2.05) is 10.6 Å². The minimum absolute atomic E-state index is 0.722. The highest BCUT2D eigenvalue weighted by molar-refractivity contribution is 5.82. The number of carbonyl (C=O) groups excluding carboxylic acids is 6. The van der Waals surface area contributed by atoms with Gasteiger partial charge in [0.05, 0.1) is 0 Å². The van der Waals surface area contributed by atoms with Gasteiger partial charge in [0.15, 0.2) is 0 Å². The molecule has 0 radical (unpaired) electrons. The minimum atomic E-state index is -5.48. The number of hydrogen-bond acceptors (Lipinski definition) is 12. The standard InChI is InChI=1S/C24H29F3N2O12/c1-7-15(30)36-11-22(5,12-37-16(31)8-2)28-20(34)40-19(24(25,26)27)41-21(35)29-23(6,13-38-17(32)9-3)14-39-18(33)10-4/h7-10,19H,1-4,11-14H2,5-6H3,(H,28,34)(H,29,35). The summed E-state index contributed by atoms with van der Waals surface area (Å²) in [5, 5.41) is 3.85. The molecule has 41 heavy (non-hydrogen) atoms. The minimum Gasteiger partial charge on any atom is -0.460 e. The summed E-state index contributed by atoms with van der Waals surface area (Å²) in [6, 6.07) is 0. The molecule has 0 aliphatic carbocycles. The Hall–Kier alpha value is -4.83. The van der Waals surface area contributed by atoms with Gasteiger partial charge in [-0.1, -0.05) is 26.3 Å². The summed E-state index contributed by atoms with van der Waals surface area (Å²) in [4.78, 5) is 70.3. The van der Waals surface area contributed by atoms with E-state index in [-0.39, 0.29) is 0 Å². The first-order valence-corrected chi connectivity index (χ1v) is 11.1. The molecule has 0 aromatic rings. The molecule has 17 heteroatoms. The van der Waals surface area contributed by atoms with Crippen molar-refractivity contribution in [1.29, 1.82) is 0 Å². The van der Waals surface area contributed by atoms with Crippen LogP contribution in [0.2, 0.25) is 0 Å². The first-order chi connectivity index (χ1) is 18.9. The maximum atomic E-state index is 13.6. The second kappa shape index (κ2) is 16.3. The van der Waals surface area contributed by atoms with E-state index in [0.717, 1.165) is 38.2 Å². The van der Waals surface area contributed by atoms with Crippen LogP contribution in [0, 0.1) is 0 Å². The van der Waals surface area contributed by atoms with Crippen molar-refractivity contribution in [3.63, 3.8) is 0 Å². The van der Waals surface area contributed by atoms with Gasteiger partial charge in [0.2, 0.25) is 0 Å². The molecule has 0 aromatic carbocycles. The van der Waals surface area contributed by atoms with Crippen molar-refractivity contribution in [2.75, 3.05) is 26.4 Å². The molecule has 14 nitrogen and oxygen atoms in total. The van der Waals surface area contributed by atoms with Gasteiger partial charge >= 0.3 is 48.5 Å². The van der Waals surface area contributed by atoms with Gasteiger partial charge in [0, 0.05) is 24.3 Å². The predicted octanol–water partition coefficient (Wildman–Crippen LogP) is 1.76. The summed E-state index contributed by atoms with van der Waals surface area (Å²) in [6.07, 6.45) is -9.64. The third-order valence-electron chi connectivity index (χ3n) is 4.30. The molecular weight excluding hydrogens is 565 g/mol. The number of ether oxygens (including phenoxy) is 6. The quantitative estimate of drug-likeness (QED) is 0.115. The lowest BCUT2D eigenvalue weighted by Gasteiger charge is -2.31. The van der Waals surface area contributed by atoms with Crippen LogP contribution < -0.4 is 10.6 Å². The highest BCUT2D eigenvalue weighted by atomic mass is 19.4. The maximum absolute atomic E-state index is 13.6. The molecular formula is C24H29F3N2O12. The molecule has 0 unspecified atom stereocenters. The average molecular weight is 594 g/mol. The lowest BCUT2D eigenvalue weighted by molar-refractivity contribution is -0.273. The van der Waals surface area contributed by atoms with Crippen molar-refractivity contribution >= 4 is 36.1 Å². The van der Waals surface area contributed by atoms with Gasteiger partial charge in [-0.05, 0) is 13.8 Å². The Kier molecular flexibility index (Phi) is 14.4. The molecule has 0 bridgehead atoms. The van der Waals surface area contributed by atoms with Crippen molar-refractivity contribution in [1.82, 2.24) is 10.6 Å². The lowest BCUT2D eigenvalue weighted by Crippen LogP contribution is -2.56. The number of amides is 2. The summed E-state index contributed by atoms with van der Waals surface area (Å²) in [7, 11) is 0. The zero-order chi connectivity index (χ0) is 31.9. The van der Waals surface area contributed by atoms with Crippen molar-refractivity contribution in [3.05, 3.63) is 50.6 Å². The van der Waals surface area contributed by atoms with Crippen molar-refractivity contribution in [2.24, 2.45) is 0 Å². The molecule has 0 heterocycles. The fraction of sp³-hybridized carbons (Fsp3) is 0.417. The van der Waals surface area contributed by atoms with E-state index in [9.17, 15) is 41.9 Å². The average Bonchev–Trinajstić information content (AvgIpc) is 2.91. The zero-order valence-electron chi connectivity index (χ0n) is 22.1. The Bertz CT molecular complexity index is 919. The van der Waals surface area contributed by atoms with E-state index < -0.39 is 86.0 Å². The van der Waals surface area contributed by atoms with Crippen LogP contribution >= 0.6 is 0 Å². The summed E-state index contributed by atoms with van der Waals surface area (Å²) in [5.74, 6) is -3.91. The number of halogens is 3. The molecule has 0 fully saturated rings. The highest BCUT2D eigenvalue weighted by Crippen LogP contribution is 2.25. The summed E-state index contributed by atoms with van der Waals surface area (Å²) in [6.45, 7) is 12.0. The Labute approximate surface area is 232 Å². The largest absolute Gasteiger partial charge is 0.465 e. The number of esters is 4. The van der Waals surface area contributed by atoms with Gasteiger partial charge in [-0.15, -0.1) is 0 Å². The Morgan fingerprint density at radius 3 is 1.05 bits per heavy atom. The topological polar surface area (TPSA) is 182 Å². The fourth-order valence-corrected chi connectivity index (χ4v) is 2.29. The molecule has 0 aliphatic rings. The summed E-state index contributed by atoms with van der Waals surface area (Å²) in [5.41, 5.74) is -3.68. The number of rotatable bonds is 16. The third-order valence-corrected chi connectivity index (χ3v) is 4.30. The summed E-state index contributed by atoms with van der Waals surface area (Å²) < 4.78 is 68.2. The van der Waals surface area contributed by atoms with Gasteiger partial charge in [-0.2, -0.15) is 13.2 Å². The summed E-state index contributed by atoms with van der Waals surface area (Å²) >= 11 is 0. The smallest absolute Gasteiger partial charge is 0.460 e. The monoisotopic (exact) mass is 594 g/mol.